The summed E-state index contributed by atoms with van der Waals surface area (Å²) in [7, 11) is 1.73. The van der Waals surface area contributed by atoms with Gasteiger partial charge in [0.1, 0.15) is 0 Å². The van der Waals surface area contributed by atoms with Gasteiger partial charge in [0, 0.05) is 45.5 Å². The van der Waals surface area contributed by atoms with Crippen molar-refractivity contribution in [2.24, 2.45) is 10.9 Å². The number of guanidine groups is 1. The number of ether oxygens (including phenoxy) is 1. The highest BCUT2D eigenvalue weighted by molar-refractivity contribution is 5.94. The molecule has 0 bridgehead atoms. The van der Waals surface area contributed by atoms with Crippen LogP contribution in [0.15, 0.2) is 35.3 Å². The lowest BCUT2D eigenvalue weighted by Gasteiger charge is -2.12. The summed E-state index contributed by atoms with van der Waals surface area (Å²) in [6.45, 7) is 7.77. The van der Waals surface area contributed by atoms with Crippen molar-refractivity contribution in [2.75, 3.05) is 39.9 Å². The topological polar surface area (TPSA) is 74.8 Å². The van der Waals surface area contributed by atoms with Gasteiger partial charge in [0.15, 0.2) is 5.96 Å². The van der Waals surface area contributed by atoms with Crippen molar-refractivity contribution < 1.29 is 9.53 Å². The number of benzene rings is 1. The first-order valence-corrected chi connectivity index (χ1v) is 8.49. The molecule has 0 unspecified atom stereocenters. The number of nitrogens with one attached hydrogen (secondary N) is 3. The van der Waals surface area contributed by atoms with E-state index in [4.69, 9.17) is 4.74 Å². The summed E-state index contributed by atoms with van der Waals surface area (Å²) >= 11 is 0. The highest BCUT2D eigenvalue weighted by Crippen LogP contribution is 1.97. The Kier molecular flexibility index (Phi) is 10.3. The second-order valence-electron chi connectivity index (χ2n) is 5.87. The normalized spacial score (nSPS) is 11.4. The van der Waals surface area contributed by atoms with Crippen LogP contribution in [-0.4, -0.2) is 51.8 Å². The fourth-order valence-electron chi connectivity index (χ4n) is 1.97. The Labute approximate surface area is 145 Å². The summed E-state index contributed by atoms with van der Waals surface area (Å²) in [5, 5.41) is 9.26. The van der Waals surface area contributed by atoms with Gasteiger partial charge in [-0.3, -0.25) is 9.79 Å². The van der Waals surface area contributed by atoms with Crippen molar-refractivity contribution in [2.45, 2.75) is 20.3 Å². The number of hydrogen-bond donors (Lipinski definition) is 3. The Bertz CT molecular complexity index is 489. The van der Waals surface area contributed by atoms with Crippen molar-refractivity contribution in [3.8, 4) is 0 Å². The van der Waals surface area contributed by atoms with E-state index in [1.165, 1.54) is 0 Å². The Hall–Kier alpha value is -2.08. The fourth-order valence-corrected chi connectivity index (χ4v) is 1.97. The van der Waals surface area contributed by atoms with Crippen LogP contribution in [-0.2, 0) is 4.74 Å². The molecule has 0 atom stereocenters. The maximum atomic E-state index is 11.9. The monoisotopic (exact) mass is 334 g/mol. The first-order chi connectivity index (χ1) is 11.6. The van der Waals surface area contributed by atoms with E-state index >= 15 is 0 Å². The molecule has 0 aliphatic rings. The van der Waals surface area contributed by atoms with Gasteiger partial charge in [0.05, 0.1) is 0 Å². The minimum absolute atomic E-state index is 0.0670. The first kappa shape index (κ1) is 20.0. The zero-order valence-electron chi connectivity index (χ0n) is 15.0. The maximum absolute atomic E-state index is 11.9. The molecule has 1 amide bonds. The molecular formula is C18H30N4O2. The van der Waals surface area contributed by atoms with Gasteiger partial charge >= 0.3 is 0 Å². The highest BCUT2D eigenvalue weighted by atomic mass is 16.5. The molecular weight excluding hydrogens is 304 g/mol. The molecule has 0 aromatic heterocycles. The van der Waals surface area contributed by atoms with Crippen molar-refractivity contribution in [1.29, 1.82) is 0 Å². The van der Waals surface area contributed by atoms with E-state index in [1.54, 1.807) is 19.2 Å². The molecule has 1 aromatic carbocycles. The second kappa shape index (κ2) is 12.4. The Morgan fingerprint density at radius 1 is 1.08 bits per heavy atom. The van der Waals surface area contributed by atoms with E-state index in [0.717, 1.165) is 32.1 Å². The van der Waals surface area contributed by atoms with Crippen LogP contribution in [0.5, 0.6) is 0 Å². The van der Waals surface area contributed by atoms with E-state index in [0.29, 0.717) is 24.6 Å². The smallest absolute Gasteiger partial charge is 0.251 e. The van der Waals surface area contributed by atoms with Crippen LogP contribution in [0.2, 0.25) is 0 Å². The van der Waals surface area contributed by atoms with Crippen molar-refractivity contribution in [3.05, 3.63) is 35.9 Å². The summed E-state index contributed by atoms with van der Waals surface area (Å²) in [5.74, 6) is 1.23. The van der Waals surface area contributed by atoms with Crippen molar-refractivity contribution in [1.82, 2.24) is 16.0 Å². The molecule has 0 saturated heterocycles. The molecule has 6 nitrogen and oxygen atoms in total. The quantitative estimate of drug-likeness (QED) is 0.345. The molecule has 134 valence electrons. The van der Waals surface area contributed by atoms with E-state index < -0.39 is 0 Å². The molecule has 3 N–H and O–H groups in total. The van der Waals surface area contributed by atoms with Gasteiger partial charge < -0.3 is 20.7 Å². The molecule has 1 rings (SSSR count). The lowest BCUT2D eigenvalue weighted by molar-refractivity contribution is 0.0954. The Morgan fingerprint density at radius 3 is 2.42 bits per heavy atom. The summed E-state index contributed by atoms with van der Waals surface area (Å²) < 4.78 is 5.53. The van der Waals surface area contributed by atoms with Crippen LogP contribution < -0.4 is 16.0 Å². The second-order valence-corrected chi connectivity index (χ2v) is 5.87. The average Bonchev–Trinajstić information content (AvgIpc) is 2.60. The average molecular weight is 334 g/mol. The number of aliphatic imine (C=N–C) groups is 1. The van der Waals surface area contributed by atoms with E-state index in [-0.39, 0.29) is 5.91 Å². The van der Waals surface area contributed by atoms with Gasteiger partial charge in [-0.25, -0.2) is 0 Å². The predicted octanol–water partition coefficient (Wildman–Crippen LogP) is 1.64. The summed E-state index contributed by atoms with van der Waals surface area (Å²) in [4.78, 5) is 16.0. The van der Waals surface area contributed by atoms with Gasteiger partial charge in [-0.05, 0) is 24.5 Å². The summed E-state index contributed by atoms with van der Waals surface area (Å²) in [6.07, 6.45) is 0.929. The minimum Gasteiger partial charge on any atom is -0.381 e. The molecule has 0 fully saturated rings. The van der Waals surface area contributed by atoms with Crippen LogP contribution in [0, 0.1) is 5.92 Å². The maximum Gasteiger partial charge on any atom is 0.251 e. The van der Waals surface area contributed by atoms with Gasteiger partial charge in [0.2, 0.25) is 0 Å². The number of hydrogen-bond acceptors (Lipinski definition) is 3. The van der Waals surface area contributed by atoms with Crippen LogP contribution in [0.4, 0.5) is 0 Å². The molecule has 0 spiro atoms. The van der Waals surface area contributed by atoms with E-state index in [9.17, 15) is 4.79 Å². The molecule has 24 heavy (non-hydrogen) atoms. The zero-order valence-corrected chi connectivity index (χ0v) is 15.0. The predicted molar refractivity (Wildman–Crippen MR) is 98.4 cm³/mol. The third-order valence-electron chi connectivity index (χ3n) is 3.17. The van der Waals surface area contributed by atoms with Crippen LogP contribution >= 0.6 is 0 Å². The Balaban J connectivity index is 2.08. The third-order valence-corrected chi connectivity index (χ3v) is 3.17. The molecule has 0 saturated carbocycles. The summed E-state index contributed by atoms with van der Waals surface area (Å²) in [6, 6.07) is 9.19. The largest absolute Gasteiger partial charge is 0.381 e. The number of nitrogens with zero attached hydrogens (tertiary/aromatic N) is 1. The lowest BCUT2D eigenvalue weighted by atomic mass is 10.2. The van der Waals surface area contributed by atoms with Crippen molar-refractivity contribution >= 4 is 11.9 Å². The fraction of sp³-hybridized carbons (Fsp3) is 0.556. The van der Waals surface area contributed by atoms with E-state index in [2.05, 4.69) is 34.8 Å². The number of carbonyl (C=O) groups excluding carboxylic acids is 1. The van der Waals surface area contributed by atoms with Gasteiger partial charge in [-0.1, -0.05) is 32.0 Å². The SMILES string of the molecule is CN=C(NCCCOCC(C)C)NCCNC(=O)c1ccccc1. The molecule has 0 radical (unpaired) electrons. The van der Waals surface area contributed by atoms with Crippen LogP contribution in [0.1, 0.15) is 30.6 Å². The van der Waals surface area contributed by atoms with Gasteiger partial charge in [-0.2, -0.15) is 0 Å². The lowest BCUT2D eigenvalue weighted by Crippen LogP contribution is -2.42. The molecule has 0 aliphatic heterocycles. The Morgan fingerprint density at radius 2 is 1.75 bits per heavy atom. The zero-order chi connectivity index (χ0) is 17.6. The standard InChI is InChI=1S/C18H30N4O2/c1-15(2)14-24-13-7-10-21-18(19-3)22-12-11-20-17(23)16-8-5-4-6-9-16/h4-6,8-9,15H,7,10-14H2,1-3H3,(H,20,23)(H2,19,21,22). The van der Waals surface area contributed by atoms with Crippen molar-refractivity contribution in [3.63, 3.8) is 0 Å². The molecule has 6 heteroatoms. The van der Waals surface area contributed by atoms with Gasteiger partial charge in [-0.15, -0.1) is 0 Å². The number of rotatable bonds is 10. The van der Waals surface area contributed by atoms with Crippen LogP contribution in [0.25, 0.3) is 0 Å². The first-order valence-electron chi connectivity index (χ1n) is 8.49. The highest BCUT2D eigenvalue weighted by Gasteiger charge is 2.03. The van der Waals surface area contributed by atoms with Gasteiger partial charge in [0.25, 0.3) is 5.91 Å². The molecule has 0 heterocycles. The van der Waals surface area contributed by atoms with Crippen LogP contribution in [0.3, 0.4) is 0 Å². The van der Waals surface area contributed by atoms with E-state index in [1.807, 2.05) is 18.2 Å². The third kappa shape index (κ3) is 9.15. The summed E-state index contributed by atoms with van der Waals surface area (Å²) in [5.41, 5.74) is 0.668. The number of amides is 1. The molecule has 1 aromatic rings. The minimum atomic E-state index is -0.0670. The molecule has 0 aliphatic carbocycles. The number of carbonyl (C=O) groups is 1.